The first-order valence-electron chi connectivity index (χ1n) is 4.25. The molecule has 0 radical (unpaired) electrons. The van der Waals surface area contributed by atoms with Crippen molar-refractivity contribution in [3.63, 3.8) is 0 Å². The van der Waals surface area contributed by atoms with Crippen molar-refractivity contribution in [1.82, 2.24) is 10.1 Å². The van der Waals surface area contributed by atoms with Gasteiger partial charge in [0.05, 0.1) is 0 Å². The van der Waals surface area contributed by atoms with Gasteiger partial charge in [-0.25, -0.2) is 0 Å². The number of carboxylic acid groups (broad SMARTS) is 1. The van der Waals surface area contributed by atoms with Crippen molar-refractivity contribution in [1.29, 1.82) is 0 Å². The van der Waals surface area contributed by atoms with Gasteiger partial charge < -0.3 is 9.63 Å². The maximum Gasteiger partial charge on any atom is 0.316 e. The van der Waals surface area contributed by atoms with E-state index < -0.39 is 11.9 Å². The Labute approximate surface area is 75.8 Å². The van der Waals surface area contributed by atoms with Crippen LogP contribution < -0.4 is 0 Å². The number of unbranched alkanes of at least 4 members (excludes halogenated alkanes) is 1. The van der Waals surface area contributed by atoms with Gasteiger partial charge >= 0.3 is 5.97 Å². The van der Waals surface area contributed by atoms with E-state index in [1.54, 1.807) is 0 Å². The second kappa shape index (κ2) is 4.59. The molecule has 1 unspecified atom stereocenters. The van der Waals surface area contributed by atoms with Crippen LogP contribution in [0.15, 0.2) is 10.9 Å². The molecular weight excluding hydrogens is 172 g/mol. The summed E-state index contributed by atoms with van der Waals surface area (Å²) in [5.74, 6) is -1.36. The van der Waals surface area contributed by atoms with E-state index in [9.17, 15) is 4.79 Å². The molecule has 0 aliphatic rings. The number of aliphatic carboxylic acids is 1. The summed E-state index contributed by atoms with van der Waals surface area (Å²) in [6.45, 7) is 2.01. The minimum Gasteiger partial charge on any atom is -0.481 e. The molecule has 1 atom stereocenters. The molecule has 0 aliphatic carbocycles. The lowest BCUT2D eigenvalue weighted by Crippen LogP contribution is -2.11. The minimum atomic E-state index is -0.905. The van der Waals surface area contributed by atoms with Crippen LogP contribution in [0.3, 0.4) is 0 Å². The van der Waals surface area contributed by atoms with E-state index in [0.29, 0.717) is 6.42 Å². The Bertz CT molecular complexity index is 258. The van der Waals surface area contributed by atoms with Crippen LogP contribution in [0.5, 0.6) is 0 Å². The van der Waals surface area contributed by atoms with Crippen molar-refractivity contribution in [2.75, 3.05) is 0 Å². The van der Waals surface area contributed by atoms with Crippen molar-refractivity contribution in [2.24, 2.45) is 0 Å². The Morgan fingerprint density at radius 3 is 3.00 bits per heavy atom. The fourth-order valence-electron chi connectivity index (χ4n) is 1.10. The highest BCUT2D eigenvalue weighted by Crippen LogP contribution is 2.19. The zero-order chi connectivity index (χ0) is 9.68. The van der Waals surface area contributed by atoms with Gasteiger partial charge in [0.2, 0.25) is 5.89 Å². The lowest BCUT2D eigenvalue weighted by Gasteiger charge is -2.05. The van der Waals surface area contributed by atoms with Gasteiger partial charge in [-0.3, -0.25) is 4.79 Å². The van der Waals surface area contributed by atoms with E-state index >= 15 is 0 Å². The summed E-state index contributed by atoms with van der Waals surface area (Å²) in [7, 11) is 0. The molecule has 1 N–H and O–H groups in total. The molecule has 72 valence electrons. The average molecular weight is 184 g/mol. The summed E-state index contributed by atoms with van der Waals surface area (Å²) in [5, 5.41) is 12.2. The number of carbonyl (C=O) groups is 1. The molecule has 1 aromatic rings. The van der Waals surface area contributed by atoms with Crippen LogP contribution in [0.2, 0.25) is 0 Å². The Balaban J connectivity index is 2.63. The summed E-state index contributed by atoms with van der Waals surface area (Å²) in [4.78, 5) is 14.5. The minimum absolute atomic E-state index is 0.195. The Hall–Kier alpha value is -1.39. The Morgan fingerprint density at radius 2 is 2.54 bits per heavy atom. The number of hydrogen-bond acceptors (Lipinski definition) is 4. The van der Waals surface area contributed by atoms with Crippen LogP contribution >= 0.6 is 0 Å². The molecule has 5 heteroatoms. The summed E-state index contributed by atoms with van der Waals surface area (Å²) in [6.07, 6.45) is 3.57. The summed E-state index contributed by atoms with van der Waals surface area (Å²) >= 11 is 0. The number of rotatable bonds is 5. The molecule has 0 saturated carbocycles. The van der Waals surface area contributed by atoms with Gasteiger partial charge in [-0.05, 0) is 6.42 Å². The first kappa shape index (κ1) is 9.70. The van der Waals surface area contributed by atoms with Crippen LogP contribution in [0, 0.1) is 0 Å². The molecule has 1 aromatic heterocycles. The van der Waals surface area contributed by atoms with Crippen molar-refractivity contribution in [3.8, 4) is 0 Å². The molecule has 0 spiro atoms. The smallest absolute Gasteiger partial charge is 0.316 e. The quantitative estimate of drug-likeness (QED) is 0.749. The molecule has 0 fully saturated rings. The number of nitrogens with zero attached hydrogens (tertiary/aromatic N) is 2. The van der Waals surface area contributed by atoms with Gasteiger partial charge in [0.25, 0.3) is 0 Å². The zero-order valence-corrected chi connectivity index (χ0v) is 7.43. The molecule has 1 rings (SSSR count). The van der Waals surface area contributed by atoms with Crippen molar-refractivity contribution in [2.45, 2.75) is 32.1 Å². The zero-order valence-electron chi connectivity index (χ0n) is 7.43. The first-order chi connectivity index (χ1) is 6.25. The largest absolute Gasteiger partial charge is 0.481 e. The topological polar surface area (TPSA) is 76.2 Å². The van der Waals surface area contributed by atoms with E-state index in [4.69, 9.17) is 9.63 Å². The molecule has 0 aliphatic heterocycles. The van der Waals surface area contributed by atoms with Crippen LogP contribution in [0.1, 0.15) is 38.0 Å². The lowest BCUT2D eigenvalue weighted by atomic mass is 10.0. The summed E-state index contributed by atoms with van der Waals surface area (Å²) < 4.78 is 4.71. The van der Waals surface area contributed by atoms with Crippen molar-refractivity contribution >= 4 is 5.97 Å². The van der Waals surface area contributed by atoms with E-state index in [0.717, 1.165) is 12.8 Å². The lowest BCUT2D eigenvalue weighted by molar-refractivity contribution is -0.139. The van der Waals surface area contributed by atoms with Crippen LogP contribution in [0.4, 0.5) is 0 Å². The number of carboxylic acids is 1. The monoisotopic (exact) mass is 184 g/mol. The first-order valence-corrected chi connectivity index (χ1v) is 4.25. The molecule has 5 nitrogen and oxygen atoms in total. The van der Waals surface area contributed by atoms with Gasteiger partial charge in [0.15, 0.2) is 6.33 Å². The second-order valence-corrected chi connectivity index (χ2v) is 2.81. The predicted molar refractivity (Wildman–Crippen MR) is 44.2 cm³/mol. The van der Waals surface area contributed by atoms with Gasteiger partial charge in [-0.15, -0.1) is 0 Å². The normalized spacial score (nSPS) is 12.7. The fraction of sp³-hybridized carbons (Fsp3) is 0.625. The third-order valence-electron chi connectivity index (χ3n) is 1.82. The third kappa shape index (κ3) is 2.54. The Morgan fingerprint density at radius 1 is 1.77 bits per heavy atom. The number of aromatic nitrogens is 2. The maximum atomic E-state index is 10.8. The highest BCUT2D eigenvalue weighted by atomic mass is 16.5. The second-order valence-electron chi connectivity index (χ2n) is 2.81. The molecular formula is C8H12N2O3. The molecule has 0 saturated heterocycles. The molecule has 13 heavy (non-hydrogen) atoms. The van der Waals surface area contributed by atoms with Crippen LogP contribution in [0.25, 0.3) is 0 Å². The van der Waals surface area contributed by atoms with E-state index in [-0.39, 0.29) is 5.89 Å². The standard InChI is InChI=1S/C8H12N2O3/c1-2-3-4-6(8(11)12)7-9-5-10-13-7/h5-6H,2-4H2,1H3,(H,11,12). The molecule has 1 heterocycles. The molecule has 0 amide bonds. The molecule has 0 aromatic carbocycles. The average Bonchev–Trinajstić information content (AvgIpc) is 2.57. The van der Waals surface area contributed by atoms with Gasteiger partial charge in [0, 0.05) is 0 Å². The number of hydrogen-bond donors (Lipinski definition) is 1. The SMILES string of the molecule is CCCCC(C(=O)O)c1ncno1. The van der Waals surface area contributed by atoms with Gasteiger partial charge in [-0.1, -0.05) is 24.9 Å². The summed E-state index contributed by atoms with van der Waals surface area (Å²) in [6, 6.07) is 0. The van der Waals surface area contributed by atoms with Crippen molar-refractivity contribution in [3.05, 3.63) is 12.2 Å². The van der Waals surface area contributed by atoms with Crippen LogP contribution in [-0.2, 0) is 4.79 Å². The van der Waals surface area contributed by atoms with Gasteiger partial charge in [-0.2, -0.15) is 4.98 Å². The highest BCUT2D eigenvalue weighted by molar-refractivity contribution is 5.74. The Kier molecular flexibility index (Phi) is 3.42. The van der Waals surface area contributed by atoms with E-state index in [2.05, 4.69) is 10.1 Å². The predicted octanol–water partition coefficient (Wildman–Crippen LogP) is 1.43. The van der Waals surface area contributed by atoms with E-state index in [1.807, 2.05) is 6.92 Å². The summed E-state index contributed by atoms with van der Waals surface area (Å²) in [5.41, 5.74) is 0. The van der Waals surface area contributed by atoms with Crippen molar-refractivity contribution < 1.29 is 14.4 Å². The maximum absolute atomic E-state index is 10.8. The third-order valence-corrected chi connectivity index (χ3v) is 1.82. The van der Waals surface area contributed by atoms with E-state index in [1.165, 1.54) is 6.33 Å². The fourth-order valence-corrected chi connectivity index (χ4v) is 1.10. The van der Waals surface area contributed by atoms with Gasteiger partial charge in [0.1, 0.15) is 5.92 Å². The van der Waals surface area contributed by atoms with Crippen LogP contribution in [-0.4, -0.2) is 21.2 Å². The highest BCUT2D eigenvalue weighted by Gasteiger charge is 2.23. The molecule has 0 bridgehead atoms.